The minimum absolute atomic E-state index is 0.0730. The second-order valence-electron chi connectivity index (χ2n) is 6.75. The molecule has 154 valence electrons. The van der Waals surface area contributed by atoms with E-state index in [9.17, 15) is 9.59 Å². The molecule has 0 spiro atoms. The largest absolute Gasteiger partial charge is 0.482 e. The lowest BCUT2D eigenvalue weighted by molar-refractivity contribution is -0.121. The Morgan fingerprint density at radius 2 is 2.07 bits per heavy atom. The van der Waals surface area contributed by atoms with Crippen LogP contribution in [0.25, 0.3) is 11.3 Å². The number of nitrogens with zero attached hydrogens (tertiary/aromatic N) is 2. The molecule has 2 heterocycles. The van der Waals surface area contributed by atoms with Crippen LogP contribution in [0.1, 0.15) is 15.4 Å². The van der Waals surface area contributed by atoms with E-state index in [2.05, 4.69) is 4.98 Å². The number of thiazole rings is 1. The molecule has 0 atom stereocenters. The van der Waals surface area contributed by atoms with E-state index >= 15 is 0 Å². The summed E-state index contributed by atoms with van der Waals surface area (Å²) in [7, 11) is 1.66. The zero-order chi connectivity index (χ0) is 21.1. The van der Waals surface area contributed by atoms with Crippen LogP contribution in [0.4, 0.5) is 5.69 Å². The van der Waals surface area contributed by atoms with Crippen molar-refractivity contribution < 1.29 is 19.1 Å². The molecule has 0 saturated carbocycles. The molecule has 1 aliphatic rings. The summed E-state index contributed by atoms with van der Waals surface area (Å²) >= 11 is 7.46. The molecule has 0 fully saturated rings. The first-order valence-corrected chi connectivity index (χ1v) is 10.6. The summed E-state index contributed by atoms with van der Waals surface area (Å²) < 4.78 is 10.7. The lowest BCUT2D eigenvalue weighted by atomic mass is 10.1. The van der Waals surface area contributed by atoms with Crippen molar-refractivity contribution in [2.24, 2.45) is 0 Å². The number of methoxy groups -OCH3 is 1. The van der Waals surface area contributed by atoms with Crippen molar-refractivity contribution in [3.63, 3.8) is 0 Å². The van der Waals surface area contributed by atoms with Gasteiger partial charge in [0.2, 0.25) is 0 Å². The summed E-state index contributed by atoms with van der Waals surface area (Å²) in [5.74, 6) is 0.131. The molecule has 0 bridgehead atoms. The Labute approximate surface area is 183 Å². The summed E-state index contributed by atoms with van der Waals surface area (Å²) in [5, 5.41) is 3.50. The molecule has 1 amide bonds. The van der Waals surface area contributed by atoms with Gasteiger partial charge in [-0.15, -0.1) is 11.3 Å². The first-order valence-electron chi connectivity index (χ1n) is 9.35. The number of benzene rings is 2. The Hall–Kier alpha value is -2.74. The molecule has 0 saturated heterocycles. The molecule has 4 rings (SSSR count). The van der Waals surface area contributed by atoms with Crippen molar-refractivity contribution in [2.45, 2.75) is 6.42 Å². The number of ether oxygens (including phenoxy) is 2. The first-order chi connectivity index (χ1) is 14.5. The molecule has 0 aliphatic carbocycles. The predicted octanol–water partition coefficient (Wildman–Crippen LogP) is 4.26. The second-order valence-corrected chi connectivity index (χ2v) is 8.13. The predicted molar refractivity (Wildman–Crippen MR) is 117 cm³/mol. The third kappa shape index (κ3) is 4.38. The molecule has 0 radical (unpaired) electrons. The summed E-state index contributed by atoms with van der Waals surface area (Å²) in [5.41, 5.74) is 2.74. The molecule has 2 aromatic carbocycles. The number of amides is 1. The molecule has 0 N–H and O–H groups in total. The number of anilines is 1. The molecule has 1 aliphatic heterocycles. The van der Waals surface area contributed by atoms with Crippen LogP contribution in [0.5, 0.6) is 5.75 Å². The average molecular weight is 443 g/mol. The fourth-order valence-electron chi connectivity index (χ4n) is 3.15. The Bertz CT molecular complexity index is 1080. The minimum atomic E-state index is -0.263. The molecular weight excluding hydrogens is 424 g/mol. The van der Waals surface area contributed by atoms with Crippen molar-refractivity contribution in [1.82, 2.24) is 4.98 Å². The SMILES string of the molecule is COCCc1nc(-c2ccc3c(c2)N(CC(=O)c2ccc(Cl)cc2)C(=O)CO3)cs1. The van der Waals surface area contributed by atoms with Crippen LogP contribution in [0.3, 0.4) is 0 Å². The van der Waals surface area contributed by atoms with E-state index in [0.717, 1.165) is 22.7 Å². The Morgan fingerprint density at radius 1 is 1.27 bits per heavy atom. The van der Waals surface area contributed by atoms with Crippen LogP contribution in [0.2, 0.25) is 5.02 Å². The van der Waals surface area contributed by atoms with E-state index < -0.39 is 0 Å². The van der Waals surface area contributed by atoms with Crippen molar-refractivity contribution in [3.8, 4) is 17.0 Å². The number of rotatable bonds is 7. The van der Waals surface area contributed by atoms with E-state index in [1.54, 1.807) is 42.7 Å². The van der Waals surface area contributed by atoms with Crippen molar-refractivity contribution >= 4 is 40.3 Å². The first kappa shape index (κ1) is 20.5. The van der Waals surface area contributed by atoms with Crippen LogP contribution in [-0.4, -0.2) is 43.5 Å². The van der Waals surface area contributed by atoms with Gasteiger partial charge in [-0.1, -0.05) is 11.6 Å². The average Bonchev–Trinajstić information content (AvgIpc) is 3.23. The number of carbonyl (C=O) groups excluding carboxylic acids is 2. The standard InChI is InChI=1S/C22H19ClN2O4S/c1-28-9-8-21-24-17(13-30-21)15-4-7-20-18(10-15)25(22(27)12-29-20)11-19(26)14-2-5-16(23)6-3-14/h2-7,10,13H,8-9,11-12H2,1H3. The number of carbonyl (C=O) groups is 2. The summed E-state index contributed by atoms with van der Waals surface area (Å²) in [6, 6.07) is 12.2. The smallest absolute Gasteiger partial charge is 0.265 e. The van der Waals surface area contributed by atoms with Crippen molar-refractivity contribution in [1.29, 1.82) is 0 Å². The lowest BCUT2D eigenvalue weighted by Gasteiger charge is -2.29. The molecule has 8 heteroatoms. The molecular formula is C22H19ClN2O4S. The zero-order valence-corrected chi connectivity index (χ0v) is 17.8. The van der Waals surface area contributed by atoms with Crippen LogP contribution in [0.15, 0.2) is 47.8 Å². The van der Waals surface area contributed by atoms with Gasteiger partial charge in [0.15, 0.2) is 12.4 Å². The molecule has 6 nitrogen and oxygen atoms in total. The number of hydrogen-bond acceptors (Lipinski definition) is 6. The molecule has 0 unspecified atom stereocenters. The number of fused-ring (bicyclic) bond motifs is 1. The highest BCUT2D eigenvalue weighted by Gasteiger charge is 2.28. The van der Waals surface area contributed by atoms with Gasteiger partial charge in [0.05, 0.1) is 29.5 Å². The number of hydrogen-bond donors (Lipinski definition) is 0. The summed E-state index contributed by atoms with van der Waals surface area (Å²) in [6.07, 6.45) is 0.745. The third-order valence-electron chi connectivity index (χ3n) is 4.74. The van der Waals surface area contributed by atoms with Gasteiger partial charge in [-0.2, -0.15) is 0 Å². The molecule has 3 aromatic rings. The third-order valence-corrected chi connectivity index (χ3v) is 5.90. The van der Waals surface area contributed by atoms with Crippen LogP contribution < -0.4 is 9.64 Å². The van der Waals surface area contributed by atoms with Gasteiger partial charge in [0, 0.05) is 35.1 Å². The van der Waals surface area contributed by atoms with Gasteiger partial charge < -0.3 is 9.47 Å². The minimum Gasteiger partial charge on any atom is -0.482 e. The fraction of sp³-hybridized carbons (Fsp3) is 0.227. The highest BCUT2D eigenvalue weighted by Crippen LogP contribution is 2.36. The summed E-state index contributed by atoms with van der Waals surface area (Å²) in [4.78, 5) is 31.4. The quantitative estimate of drug-likeness (QED) is 0.511. The lowest BCUT2D eigenvalue weighted by Crippen LogP contribution is -2.42. The van der Waals surface area contributed by atoms with E-state index in [-0.39, 0.29) is 24.8 Å². The highest BCUT2D eigenvalue weighted by molar-refractivity contribution is 7.09. The van der Waals surface area contributed by atoms with E-state index in [0.29, 0.717) is 28.6 Å². The van der Waals surface area contributed by atoms with Gasteiger partial charge in [0.1, 0.15) is 5.75 Å². The number of halogens is 1. The van der Waals surface area contributed by atoms with Gasteiger partial charge in [-0.3, -0.25) is 14.5 Å². The monoisotopic (exact) mass is 442 g/mol. The van der Waals surface area contributed by atoms with E-state index in [4.69, 9.17) is 21.1 Å². The number of Topliss-reactive ketones (excluding diaryl/α,β-unsaturated/α-hetero) is 1. The van der Waals surface area contributed by atoms with Crippen LogP contribution in [-0.2, 0) is 16.0 Å². The van der Waals surface area contributed by atoms with Crippen molar-refractivity contribution in [3.05, 3.63) is 63.4 Å². The Morgan fingerprint density at radius 3 is 2.83 bits per heavy atom. The van der Waals surface area contributed by atoms with E-state index in [1.165, 1.54) is 4.90 Å². The van der Waals surface area contributed by atoms with E-state index in [1.807, 2.05) is 23.6 Å². The molecule has 1 aromatic heterocycles. The van der Waals surface area contributed by atoms with Crippen LogP contribution in [0, 0.1) is 0 Å². The highest BCUT2D eigenvalue weighted by atomic mass is 35.5. The summed E-state index contributed by atoms with van der Waals surface area (Å²) in [6.45, 7) is 0.439. The zero-order valence-electron chi connectivity index (χ0n) is 16.3. The van der Waals surface area contributed by atoms with Crippen LogP contribution >= 0.6 is 22.9 Å². The maximum Gasteiger partial charge on any atom is 0.265 e. The fourth-order valence-corrected chi connectivity index (χ4v) is 4.07. The second kappa shape index (κ2) is 8.95. The van der Waals surface area contributed by atoms with Gasteiger partial charge >= 0.3 is 0 Å². The Kier molecular flexibility index (Phi) is 6.13. The van der Waals surface area contributed by atoms with Gasteiger partial charge in [0.25, 0.3) is 5.91 Å². The van der Waals surface area contributed by atoms with Crippen molar-refractivity contribution in [2.75, 3.05) is 31.8 Å². The van der Waals surface area contributed by atoms with Gasteiger partial charge in [-0.25, -0.2) is 4.98 Å². The number of aromatic nitrogens is 1. The normalized spacial score (nSPS) is 13.1. The molecule has 30 heavy (non-hydrogen) atoms. The maximum absolute atomic E-state index is 12.7. The maximum atomic E-state index is 12.7. The topological polar surface area (TPSA) is 68.7 Å². The Balaban J connectivity index is 1.61. The number of ketones is 1. The van der Waals surface area contributed by atoms with Gasteiger partial charge in [-0.05, 0) is 42.5 Å².